The fraction of sp³-hybridized carbons (Fsp3) is 0.300. The number of carbonyl (C=O) groups excluding carboxylic acids is 1. The summed E-state index contributed by atoms with van der Waals surface area (Å²) in [7, 11) is 1.59. The number of anilines is 1. The molecule has 1 aromatic carbocycles. The predicted octanol–water partition coefficient (Wildman–Crippen LogP) is 1.63. The van der Waals surface area contributed by atoms with Crippen molar-refractivity contribution in [3.8, 4) is 0 Å². The Hall–Kier alpha value is -3.27. The molecule has 1 aliphatic heterocycles. The van der Waals surface area contributed by atoms with Crippen LogP contribution in [0.1, 0.15) is 23.7 Å². The number of amides is 1. The van der Waals surface area contributed by atoms with Crippen molar-refractivity contribution in [1.29, 1.82) is 0 Å². The van der Waals surface area contributed by atoms with E-state index >= 15 is 4.39 Å². The van der Waals surface area contributed by atoms with Crippen molar-refractivity contribution in [2.24, 2.45) is 4.99 Å². The van der Waals surface area contributed by atoms with E-state index in [0.717, 1.165) is 17.4 Å². The number of hydrogen-bond acceptors (Lipinski definition) is 6. The molecule has 4 heterocycles. The van der Waals surface area contributed by atoms with Crippen molar-refractivity contribution >= 4 is 55.5 Å². The highest BCUT2D eigenvalue weighted by Crippen LogP contribution is 2.37. The topological polar surface area (TPSA) is 103 Å². The highest BCUT2D eigenvalue weighted by Gasteiger charge is 2.31. The number of aromatic carboxylic acids is 1. The van der Waals surface area contributed by atoms with Gasteiger partial charge in [-0.3, -0.25) is 19.0 Å². The third kappa shape index (κ3) is 2.37. The summed E-state index contributed by atoms with van der Waals surface area (Å²) < 4.78 is 17.1. The van der Waals surface area contributed by atoms with Gasteiger partial charge in [0.25, 0.3) is 0 Å². The summed E-state index contributed by atoms with van der Waals surface area (Å²) in [6.45, 7) is 2.42. The van der Waals surface area contributed by atoms with Crippen LogP contribution < -0.4 is 21.0 Å². The van der Waals surface area contributed by atoms with E-state index in [-0.39, 0.29) is 22.9 Å². The Balaban J connectivity index is 1.87. The molecule has 1 saturated heterocycles. The maximum absolute atomic E-state index is 15.4. The van der Waals surface area contributed by atoms with Gasteiger partial charge in [0.05, 0.1) is 32.9 Å². The van der Waals surface area contributed by atoms with Crippen molar-refractivity contribution in [2.45, 2.75) is 19.4 Å². The zero-order chi connectivity index (χ0) is 21.3. The van der Waals surface area contributed by atoms with Gasteiger partial charge in [0.1, 0.15) is 16.2 Å². The molecule has 0 bridgehead atoms. The minimum absolute atomic E-state index is 0.0251. The second kappa shape index (κ2) is 6.36. The zero-order valence-electron chi connectivity index (χ0n) is 16.2. The molecule has 0 radical (unpaired) electrons. The van der Waals surface area contributed by atoms with Gasteiger partial charge in [0.2, 0.25) is 11.3 Å². The van der Waals surface area contributed by atoms with E-state index in [1.165, 1.54) is 6.92 Å². The van der Waals surface area contributed by atoms with Crippen LogP contribution in [0.3, 0.4) is 0 Å². The van der Waals surface area contributed by atoms with E-state index < -0.39 is 17.2 Å². The molecule has 1 unspecified atom stereocenters. The molecule has 154 valence electrons. The molecule has 10 heteroatoms. The van der Waals surface area contributed by atoms with Gasteiger partial charge in [0.15, 0.2) is 0 Å². The van der Waals surface area contributed by atoms with Gasteiger partial charge in [-0.25, -0.2) is 9.18 Å². The first-order chi connectivity index (χ1) is 14.3. The summed E-state index contributed by atoms with van der Waals surface area (Å²) >= 11 is 1.16. The summed E-state index contributed by atoms with van der Waals surface area (Å²) in [4.78, 5) is 42.7. The van der Waals surface area contributed by atoms with E-state index in [0.29, 0.717) is 51.8 Å². The molecule has 2 N–H and O–H groups in total. The van der Waals surface area contributed by atoms with Crippen LogP contribution in [0.4, 0.5) is 10.1 Å². The lowest BCUT2D eigenvalue weighted by molar-refractivity contribution is -0.119. The van der Waals surface area contributed by atoms with E-state index in [1.54, 1.807) is 16.8 Å². The van der Waals surface area contributed by atoms with Gasteiger partial charge in [-0.15, -0.1) is 11.3 Å². The molecule has 1 fully saturated rings. The third-order valence-corrected chi connectivity index (χ3v) is 6.64. The number of carboxylic acids is 1. The first-order valence-electron chi connectivity index (χ1n) is 9.38. The molecule has 0 aliphatic carbocycles. The molecule has 0 spiro atoms. The highest BCUT2D eigenvalue weighted by atomic mass is 32.1. The number of rotatable bonds is 3. The molecule has 30 heavy (non-hydrogen) atoms. The van der Waals surface area contributed by atoms with E-state index in [9.17, 15) is 19.5 Å². The second-order valence-electron chi connectivity index (χ2n) is 7.45. The Labute approximate surface area is 172 Å². The van der Waals surface area contributed by atoms with Gasteiger partial charge < -0.3 is 15.3 Å². The molecule has 5 rings (SSSR count). The normalized spacial score (nSPS) is 17.8. The quantitative estimate of drug-likeness (QED) is 0.516. The molecule has 4 aromatic rings. The van der Waals surface area contributed by atoms with Crippen LogP contribution in [-0.2, 0) is 4.79 Å². The Morgan fingerprint density at radius 1 is 1.40 bits per heavy atom. The maximum atomic E-state index is 15.4. The van der Waals surface area contributed by atoms with E-state index in [4.69, 9.17) is 0 Å². The number of thiazole rings is 1. The monoisotopic (exact) mass is 428 g/mol. The fourth-order valence-corrected chi connectivity index (χ4v) is 5.63. The summed E-state index contributed by atoms with van der Waals surface area (Å²) in [5.74, 6) is -2.09. The molecule has 8 nitrogen and oxygen atoms in total. The van der Waals surface area contributed by atoms with Crippen LogP contribution in [0.5, 0.6) is 0 Å². The van der Waals surface area contributed by atoms with Gasteiger partial charge in [-0.2, -0.15) is 0 Å². The van der Waals surface area contributed by atoms with Crippen molar-refractivity contribution in [2.75, 3.05) is 25.0 Å². The first kappa shape index (κ1) is 18.7. The summed E-state index contributed by atoms with van der Waals surface area (Å²) in [5.41, 5.74) is 0.391. The lowest BCUT2D eigenvalue weighted by Gasteiger charge is -2.21. The molecule has 0 saturated carbocycles. The summed E-state index contributed by atoms with van der Waals surface area (Å²) in [5, 5.41) is 15.2. The second-order valence-corrected chi connectivity index (χ2v) is 8.31. The highest BCUT2D eigenvalue weighted by molar-refractivity contribution is 7.16. The molecule has 1 aliphatic rings. The SMILES string of the molecule is CN=c1c2c(N3CCC(NC(C)=O)C3)c(F)cc3c(=O)c(C(=O)O)c4scc1n4c32. The average Bonchev–Trinajstić information content (AvgIpc) is 3.36. The fourth-order valence-electron chi connectivity index (χ4n) is 4.59. The lowest BCUT2D eigenvalue weighted by atomic mass is 10.1. The molecule has 3 aromatic heterocycles. The standard InChI is InChI=1S/C20H17FN4O4S/c1-8(26)23-9-3-4-24(6-9)17-11(21)5-10-16-13(17)15(22-2)12-7-30-19(25(12)16)14(18(10)27)20(28)29/h5,7,9H,3-4,6H2,1-2H3,(H,23,26)(H,28,29). The maximum Gasteiger partial charge on any atom is 0.342 e. The number of carbonyl (C=O) groups is 2. The van der Waals surface area contributed by atoms with E-state index in [1.807, 2.05) is 4.90 Å². The Morgan fingerprint density at radius 2 is 2.17 bits per heavy atom. The van der Waals surface area contributed by atoms with Crippen molar-refractivity contribution in [3.05, 3.63) is 38.4 Å². The number of benzene rings is 1. The largest absolute Gasteiger partial charge is 0.477 e. The van der Waals surface area contributed by atoms with Gasteiger partial charge in [-0.1, -0.05) is 0 Å². The number of pyridine rings is 1. The van der Waals surface area contributed by atoms with Crippen LogP contribution in [0, 0.1) is 5.82 Å². The summed E-state index contributed by atoms with van der Waals surface area (Å²) in [6.07, 6.45) is 0.670. The Kier molecular flexibility index (Phi) is 3.97. The third-order valence-electron chi connectivity index (χ3n) is 5.69. The average molecular weight is 428 g/mol. The number of nitrogens with one attached hydrogen (secondary N) is 1. The zero-order valence-corrected chi connectivity index (χ0v) is 17.0. The van der Waals surface area contributed by atoms with Crippen molar-refractivity contribution in [1.82, 2.24) is 9.72 Å². The van der Waals surface area contributed by atoms with Crippen LogP contribution >= 0.6 is 11.3 Å². The van der Waals surface area contributed by atoms with Crippen molar-refractivity contribution in [3.63, 3.8) is 0 Å². The lowest BCUT2D eigenvalue weighted by Crippen LogP contribution is -2.35. The Bertz CT molecular complexity index is 1470. The van der Waals surface area contributed by atoms with Gasteiger partial charge in [0, 0.05) is 38.5 Å². The van der Waals surface area contributed by atoms with Crippen LogP contribution in [-0.4, -0.2) is 47.6 Å². The first-order valence-corrected chi connectivity index (χ1v) is 10.3. The smallest absolute Gasteiger partial charge is 0.342 e. The van der Waals surface area contributed by atoms with Gasteiger partial charge in [-0.05, 0) is 12.5 Å². The number of nitrogens with zero attached hydrogens (tertiary/aromatic N) is 3. The van der Waals surface area contributed by atoms with Crippen LogP contribution in [0.25, 0.3) is 26.6 Å². The van der Waals surface area contributed by atoms with Gasteiger partial charge >= 0.3 is 5.97 Å². The molecule has 1 amide bonds. The van der Waals surface area contributed by atoms with Crippen molar-refractivity contribution < 1.29 is 19.1 Å². The number of aromatic nitrogens is 1. The minimum Gasteiger partial charge on any atom is -0.477 e. The molecular formula is C20H17FN4O4S. The summed E-state index contributed by atoms with van der Waals surface area (Å²) in [6, 6.07) is 1.03. The number of halogens is 1. The number of hydrogen-bond donors (Lipinski definition) is 2. The van der Waals surface area contributed by atoms with Crippen LogP contribution in [0.15, 0.2) is 21.2 Å². The molecule has 1 atom stereocenters. The van der Waals surface area contributed by atoms with Crippen LogP contribution in [0.2, 0.25) is 0 Å². The predicted molar refractivity (Wildman–Crippen MR) is 112 cm³/mol. The Morgan fingerprint density at radius 3 is 2.83 bits per heavy atom. The van der Waals surface area contributed by atoms with E-state index in [2.05, 4.69) is 10.3 Å². The number of carboxylic acid groups (broad SMARTS) is 1. The molecular weight excluding hydrogens is 411 g/mol. The minimum atomic E-state index is -1.34.